The number of esters is 2. The first-order valence-electron chi connectivity index (χ1n) is 15.6. The van der Waals surface area contributed by atoms with E-state index in [2.05, 4.69) is 48.5 Å². The second-order valence-electron chi connectivity index (χ2n) is 15.9. The maximum absolute atomic E-state index is 13.8. The summed E-state index contributed by atoms with van der Waals surface area (Å²) in [7, 11) is 0. The lowest BCUT2D eigenvalue weighted by Crippen LogP contribution is -2.67. The van der Waals surface area contributed by atoms with E-state index in [4.69, 9.17) is 9.47 Å². The summed E-state index contributed by atoms with van der Waals surface area (Å²) in [5, 5.41) is 11.0. The molecule has 0 aliphatic heterocycles. The van der Waals surface area contributed by atoms with Crippen molar-refractivity contribution in [1.29, 1.82) is 0 Å². The van der Waals surface area contributed by atoms with Crippen molar-refractivity contribution in [3.63, 3.8) is 0 Å². The first-order chi connectivity index (χ1) is 17.6. The fraction of sp³-hybridized carbons (Fsp3) is 0.939. The van der Waals surface area contributed by atoms with Crippen molar-refractivity contribution in [2.45, 2.75) is 126 Å². The van der Waals surface area contributed by atoms with Crippen molar-refractivity contribution in [2.75, 3.05) is 6.79 Å². The van der Waals surface area contributed by atoms with Gasteiger partial charge in [-0.1, -0.05) is 48.5 Å². The van der Waals surface area contributed by atoms with Crippen LogP contribution in [0.2, 0.25) is 0 Å². The first-order valence-corrected chi connectivity index (χ1v) is 15.6. The number of aliphatic hydroxyl groups is 1. The summed E-state index contributed by atoms with van der Waals surface area (Å²) in [6.07, 6.45) is 10.6. The van der Waals surface area contributed by atoms with E-state index < -0.39 is 11.4 Å². The molecule has 0 bridgehead atoms. The average molecular weight is 531 g/mol. The highest BCUT2D eigenvalue weighted by molar-refractivity contribution is 5.78. The number of hydrogen-bond acceptors (Lipinski definition) is 5. The highest BCUT2D eigenvalue weighted by atomic mass is 16.7. The summed E-state index contributed by atoms with van der Waals surface area (Å²) in [6, 6.07) is 0. The van der Waals surface area contributed by atoms with Crippen LogP contribution in [0.15, 0.2) is 0 Å². The Morgan fingerprint density at radius 3 is 2.18 bits per heavy atom. The van der Waals surface area contributed by atoms with Gasteiger partial charge in [-0.15, -0.1) is 0 Å². The number of fused-ring (bicyclic) bond motifs is 7. The minimum absolute atomic E-state index is 0.0340. The van der Waals surface area contributed by atoms with E-state index in [1.54, 1.807) is 0 Å². The summed E-state index contributed by atoms with van der Waals surface area (Å²) in [5.41, 5.74) is 0.200. The van der Waals surface area contributed by atoms with Crippen LogP contribution in [-0.2, 0) is 19.1 Å². The predicted molar refractivity (Wildman–Crippen MR) is 148 cm³/mol. The molecule has 0 saturated heterocycles. The number of carbonyl (C=O) groups is 2. The van der Waals surface area contributed by atoms with Gasteiger partial charge in [-0.25, -0.2) is 0 Å². The van der Waals surface area contributed by atoms with Crippen LogP contribution in [0, 0.1) is 62.6 Å². The zero-order chi connectivity index (χ0) is 27.9. The van der Waals surface area contributed by atoms with E-state index in [0.29, 0.717) is 35.5 Å². The molecule has 38 heavy (non-hydrogen) atoms. The molecule has 0 amide bonds. The molecule has 1 N–H and O–H groups in total. The molecule has 5 fully saturated rings. The summed E-state index contributed by atoms with van der Waals surface area (Å²) in [6.45, 7) is 18.2. The molecule has 0 radical (unpaired) electrons. The Bertz CT molecular complexity index is 957. The number of rotatable bonds is 4. The van der Waals surface area contributed by atoms with Gasteiger partial charge in [0, 0.05) is 6.92 Å². The molecular weight excluding hydrogens is 476 g/mol. The lowest BCUT2D eigenvalue weighted by molar-refractivity contribution is -0.251. The number of aliphatic hydroxyl groups excluding tert-OH is 1. The second kappa shape index (κ2) is 9.21. The van der Waals surface area contributed by atoms with Gasteiger partial charge in [-0.05, 0) is 121 Å². The Hall–Kier alpha value is -1.10. The van der Waals surface area contributed by atoms with Crippen LogP contribution >= 0.6 is 0 Å². The molecule has 0 spiro atoms. The van der Waals surface area contributed by atoms with Crippen molar-refractivity contribution in [3.05, 3.63) is 0 Å². The molecule has 0 unspecified atom stereocenters. The van der Waals surface area contributed by atoms with Crippen molar-refractivity contribution in [1.82, 2.24) is 0 Å². The fourth-order valence-corrected chi connectivity index (χ4v) is 12.0. The monoisotopic (exact) mass is 530 g/mol. The lowest BCUT2D eigenvalue weighted by atomic mass is 9.32. The number of hydrogen-bond donors (Lipinski definition) is 1. The van der Waals surface area contributed by atoms with E-state index in [1.165, 1.54) is 32.6 Å². The van der Waals surface area contributed by atoms with Crippen LogP contribution in [-0.4, -0.2) is 29.9 Å². The van der Waals surface area contributed by atoms with Gasteiger partial charge in [-0.3, -0.25) is 9.59 Å². The molecular formula is C33H54O5. The molecule has 5 aliphatic carbocycles. The van der Waals surface area contributed by atoms with Gasteiger partial charge >= 0.3 is 11.9 Å². The largest absolute Gasteiger partial charge is 0.428 e. The summed E-state index contributed by atoms with van der Waals surface area (Å²) in [4.78, 5) is 25.1. The number of ether oxygens (including phenoxy) is 2. The molecule has 10 atom stereocenters. The Morgan fingerprint density at radius 2 is 1.53 bits per heavy atom. The predicted octanol–water partition coefficient (Wildman–Crippen LogP) is 7.15. The van der Waals surface area contributed by atoms with Crippen molar-refractivity contribution in [2.24, 2.45) is 62.6 Å². The van der Waals surface area contributed by atoms with Crippen LogP contribution in [0.5, 0.6) is 0 Å². The Balaban J connectivity index is 1.49. The van der Waals surface area contributed by atoms with E-state index in [1.807, 2.05) is 0 Å². The third-order valence-electron chi connectivity index (χ3n) is 14.2. The summed E-state index contributed by atoms with van der Waals surface area (Å²) >= 11 is 0. The van der Waals surface area contributed by atoms with E-state index in [0.717, 1.165) is 38.5 Å². The SMILES string of the molecule is CC(=O)OCOC(=O)[C@]12CC[C@@H](C(C)C)[C@@H]1[C@H]1CC[C@@H]3[C@@]4(C)CC[C@H](O)C(C)(C)[C@@H]4CC[C@@]3(C)[C@]1(C)CC2. The van der Waals surface area contributed by atoms with Gasteiger partial charge in [0.25, 0.3) is 0 Å². The molecule has 5 nitrogen and oxygen atoms in total. The standard InChI is InChI=1S/C33H54O5/c1-20(2)22-11-16-33(28(36)38-19-37-21(3)34)18-17-31(7)23(27(22)33)9-10-25-30(6)14-13-26(35)29(4,5)24(30)12-15-32(25,31)8/h20,22-27,35H,9-19H2,1-8H3/t22-,23+,24-,25+,26-,27+,30-,31+,32+,33-/m0/s1. The van der Waals surface area contributed by atoms with Gasteiger partial charge in [0.2, 0.25) is 6.79 Å². The maximum atomic E-state index is 13.8. The molecule has 216 valence electrons. The highest BCUT2D eigenvalue weighted by Crippen LogP contribution is 2.77. The van der Waals surface area contributed by atoms with Gasteiger partial charge in [0.1, 0.15) is 0 Å². The molecule has 0 aromatic rings. The van der Waals surface area contributed by atoms with Crippen molar-refractivity contribution >= 4 is 11.9 Å². The highest BCUT2D eigenvalue weighted by Gasteiger charge is 2.72. The molecule has 5 rings (SSSR count). The van der Waals surface area contributed by atoms with E-state index >= 15 is 0 Å². The average Bonchev–Trinajstić information content (AvgIpc) is 3.23. The van der Waals surface area contributed by atoms with Crippen LogP contribution < -0.4 is 0 Å². The minimum Gasteiger partial charge on any atom is -0.428 e. The van der Waals surface area contributed by atoms with Gasteiger partial charge in [0.15, 0.2) is 0 Å². The quantitative estimate of drug-likeness (QED) is 0.309. The number of carbonyl (C=O) groups excluding carboxylic acids is 2. The molecule has 5 saturated carbocycles. The Morgan fingerprint density at radius 1 is 0.816 bits per heavy atom. The summed E-state index contributed by atoms with van der Waals surface area (Å²) in [5.74, 6) is 2.58. The zero-order valence-electron chi connectivity index (χ0n) is 25.4. The lowest BCUT2D eigenvalue weighted by Gasteiger charge is -2.72. The second-order valence-corrected chi connectivity index (χ2v) is 15.9. The van der Waals surface area contributed by atoms with Gasteiger partial charge < -0.3 is 14.6 Å². The minimum atomic E-state index is -0.444. The smallest absolute Gasteiger partial charge is 0.315 e. The van der Waals surface area contributed by atoms with Crippen LogP contribution in [0.1, 0.15) is 120 Å². The normalized spacial score (nSPS) is 49.3. The maximum Gasteiger partial charge on any atom is 0.315 e. The molecule has 0 heterocycles. The van der Waals surface area contributed by atoms with Crippen molar-refractivity contribution in [3.8, 4) is 0 Å². The van der Waals surface area contributed by atoms with Gasteiger partial charge in [0.05, 0.1) is 11.5 Å². The van der Waals surface area contributed by atoms with Crippen LogP contribution in [0.25, 0.3) is 0 Å². The molecule has 5 heteroatoms. The third-order valence-corrected chi connectivity index (χ3v) is 14.2. The topological polar surface area (TPSA) is 72.8 Å². The van der Waals surface area contributed by atoms with Crippen LogP contribution in [0.4, 0.5) is 0 Å². The third kappa shape index (κ3) is 3.72. The zero-order valence-corrected chi connectivity index (χ0v) is 25.4. The first kappa shape index (κ1) is 28.4. The Kier molecular flexibility index (Phi) is 6.89. The fourth-order valence-electron chi connectivity index (χ4n) is 12.0. The summed E-state index contributed by atoms with van der Waals surface area (Å²) < 4.78 is 10.7. The van der Waals surface area contributed by atoms with Crippen LogP contribution in [0.3, 0.4) is 0 Å². The van der Waals surface area contributed by atoms with Crippen molar-refractivity contribution < 1.29 is 24.2 Å². The molecule has 0 aromatic heterocycles. The van der Waals surface area contributed by atoms with E-state index in [9.17, 15) is 14.7 Å². The molecule has 0 aromatic carbocycles. The Labute approximate surface area is 231 Å². The van der Waals surface area contributed by atoms with E-state index in [-0.39, 0.29) is 40.5 Å². The van der Waals surface area contributed by atoms with Gasteiger partial charge in [-0.2, -0.15) is 0 Å². The molecule has 5 aliphatic rings.